The number of nitrogens with zero attached hydrogens (tertiary/aromatic N) is 1. The summed E-state index contributed by atoms with van der Waals surface area (Å²) in [7, 11) is 1.91. The molecule has 0 radical (unpaired) electrons. The maximum Gasteiger partial charge on any atom is 0.228 e. The molecule has 94 valence electrons. The van der Waals surface area contributed by atoms with E-state index in [1.54, 1.807) is 0 Å². The lowest BCUT2D eigenvalue weighted by molar-refractivity contribution is -0.131. The SMILES string of the molecule is CN(C(=O)Cc1ccc[nH]1)C1CCC(N)CC1. The smallest absolute Gasteiger partial charge is 0.228 e. The Balaban J connectivity index is 1.86. The zero-order chi connectivity index (χ0) is 12.3. The van der Waals surface area contributed by atoms with E-state index >= 15 is 0 Å². The maximum absolute atomic E-state index is 12.1. The molecule has 4 heteroatoms. The number of carbonyl (C=O) groups is 1. The molecule has 0 spiro atoms. The van der Waals surface area contributed by atoms with Gasteiger partial charge in [-0.25, -0.2) is 0 Å². The Bertz CT molecular complexity index is 353. The fraction of sp³-hybridized carbons (Fsp3) is 0.615. The maximum atomic E-state index is 12.1. The number of hydrogen-bond donors (Lipinski definition) is 2. The molecule has 2 rings (SSSR count). The lowest BCUT2D eigenvalue weighted by atomic mass is 9.91. The Morgan fingerprint density at radius 1 is 1.47 bits per heavy atom. The van der Waals surface area contributed by atoms with Gasteiger partial charge in [0, 0.05) is 31.0 Å². The number of rotatable bonds is 3. The van der Waals surface area contributed by atoms with Gasteiger partial charge >= 0.3 is 0 Å². The average Bonchev–Trinajstić information content (AvgIpc) is 2.82. The summed E-state index contributed by atoms with van der Waals surface area (Å²) in [5.41, 5.74) is 6.86. The second-order valence-corrected chi connectivity index (χ2v) is 4.95. The fourth-order valence-electron chi connectivity index (χ4n) is 2.46. The Labute approximate surface area is 102 Å². The van der Waals surface area contributed by atoms with Crippen LogP contribution >= 0.6 is 0 Å². The summed E-state index contributed by atoms with van der Waals surface area (Å²) >= 11 is 0. The van der Waals surface area contributed by atoms with Crippen LogP contribution in [-0.2, 0) is 11.2 Å². The van der Waals surface area contributed by atoms with Crippen molar-refractivity contribution in [3.63, 3.8) is 0 Å². The number of nitrogens with two attached hydrogens (primary N) is 1. The highest BCUT2D eigenvalue weighted by Crippen LogP contribution is 2.21. The third-order valence-corrected chi connectivity index (χ3v) is 3.69. The van der Waals surface area contributed by atoms with E-state index < -0.39 is 0 Å². The standard InChI is InChI=1S/C13H21N3O/c1-16(12-6-4-10(14)5-7-12)13(17)9-11-3-2-8-15-11/h2-3,8,10,12,15H,4-7,9,14H2,1H3. The molecule has 1 amide bonds. The zero-order valence-corrected chi connectivity index (χ0v) is 10.4. The molecule has 3 N–H and O–H groups in total. The van der Waals surface area contributed by atoms with Gasteiger partial charge in [-0.15, -0.1) is 0 Å². The molecule has 1 fully saturated rings. The van der Waals surface area contributed by atoms with Gasteiger partial charge in [-0.05, 0) is 37.8 Å². The monoisotopic (exact) mass is 235 g/mol. The van der Waals surface area contributed by atoms with Gasteiger partial charge in [0.15, 0.2) is 0 Å². The largest absolute Gasteiger partial charge is 0.365 e. The van der Waals surface area contributed by atoms with Crippen molar-refractivity contribution in [3.8, 4) is 0 Å². The Morgan fingerprint density at radius 2 is 2.18 bits per heavy atom. The van der Waals surface area contributed by atoms with Crippen molar-refractivity contribution in [3.05, 3.63) is 24.0 Å². The minimum atomic E-state index is 0.188. The highest BCUT2D eigenvalue weighted by molar-refractivity contribution is 5.78. The molecule has 0 unspecified atom stereocenters. The summed E-state index contributed by atoms with van der Waals surface area (Å²) in [4.78, 5) is 17.0. The molecule has 0 saturated heterocycles. The van der Waals surface area contributed by atoms with Crippen molar-refractivity contribution < 1.29 is 4.79 Å². The van der Waals surface area contributed by atoms with Crippen LogP contribution in [0.3, 0.4) is 0 Å². The normalized spacial score (nSPS) is 24.6. The van der Waals surface area contributed by atoms with E-state index in [0.717, 1.165) is 31.4 Å². The van der Waals surface area contributed by atoms with Gasteiger partial charge in [0.25, 0.3) is 0 Å². The number of aromatic amines is 1. The third-order valence-electron chi connectivity index (χ3n) is 3.69. The van der Waals surface area contributed by atoms with Crippen LogP contribution in [0.4, 0.5) is 0 Å². The Hall–Kier alpha value is -1.29. The first-order chi connectivity index (χ1) is 8.16. The van der Waals surface area contributed by atoms with Gasteiger partial charge in [0.2, 0.25) is 5.91 Å². The van der Waals surface area contributed by atoms with E-state index in [0.29, 0.717) is 18.5 Å². The summed E-state index contributed by atoms with van der Waals surface area (Å²) < 4.78 is 0. The summed E-state index contributed by atoms with van der Waals surface area (Å²) in [6.07, 6.45) is 6.45. The van der Waals surface area contributed by atoms with Crippen LogP contribution in [-0.4, -0.2) is 34.9 Å². The van der Waals surface area contributed by atoms with Crippen molar-refractivity contribution in [1.29, 1.82) is 0 Å². The van der Waals surface area contributed by atoms with Crippen LogP contribution in [0.2, 0.25) is 0 Å². The van der Waals surface area contributed by atoms with Crippen molar-refractivity contribution in [2.24, 2.45) is 5.73 Å². The predicted molar refractivity (Wildman–Crippen MR) is 67.5 cm³/mol. The molecule has 1 saturated carbocycles. The van der Waals surface area contributed by atoms with Crippen molar-refractivity contribution in [2.45, 2.75) is 44.2 Å². The highest BCUT2D eigenvalue weighted by atomic mass is 16.2. The van der Waals surface area contributed by atoms with Crippen LogP contribution in [0.1, 0.15) is 31.4 Å². The van der Waals surface area contributed by atoms with Crippen LogP contribution in [0, 0.1) is 0 Å². The van der Waals surface area contributed by atoms with Crippen LogP contribution in [0.15, 0.2) is 18.3 Å². The van der Waals surface area contributed by atoms with Crippen molar-refractivity contribution in [1.82, 2.24) is 9.88 Å². The number of H-pyrrole nitrogens is 1. The molecular formula is C13H21N3O. The van der Waals surface area contributed by atoms with Gasteiger partial charge in [-0.1, -0.05) is 0 Å². The third kappa shape index (κ3) is 3.09. The number of carbonyl (C=O) groups excluding carboxylic acids is 1. The topological polar surface area (TPSA) is 62.1 Å². The number of amides is 1. The first kappa shape index (κ1) is 12.2. The first-order valence-corrected chi connectivity index (χ1v) is 6.30. The summed E-state index contributed by atoms with van der Waals surface area (Å²) in [6, 6.07) is 4.57. The fourth-order valence-corrected chi connectivity index (χ4v) is 2.46. The van der Waals surface area contributed by atoms with E-state index in [1.807, 2.05) is 30.3 Å². The second kappa shape index (κ2) is 5.36. The minimum Gasteiger partial charge on any atom is -0.365 e. The molecular weight excluding hydrogens is 214 g/mol. The predicted octanol–water partition coefficient (Wildman–Crippen LogP) is 1.29. The molecule has 1 heterocycles. The van der Waals surface area contributed by atoms with Gasteiger partial charge in [-0.3, -0.25) is 4.79 Å². The highest BCUT2D eigenvalue weighted by Gasteiger charge is 2.24. The molecule has 0 atom stereocenters. The van der Waals surface area contributed by atoms with Crippen molar-refractivity contribution >= 4 is 5.91 Å². The Kier molecular flexibility index (Phi) is 3.84. The lowest BCUT2D eigenvalue weighted by Crippen LogP contribution is -2.42. The molecule has 1 aliphatic carbocycles. The number of nitrogens with one attached hydrogen (secondary N) is 1. The number of hydrogen-bond acceptors (Lipinski definition) is 2. The molecule has 0 bridgehead atoms. The molecule has 1 aliphatic rings. The molecule has 1 aromatic rings. The van der Waals surface area contributed by atoms with E-state index in [9.17, 15) is 4.79 Å². The average molecular weight is 235 g/mol. The second-order valence-electron chi connectivity index (χ2n) is 4.95. The minimum absolute atomic E-state index is 0.188. The zero-order valence-electron chi connectivity index (χ0n) is 10.4. The number of aromatic nitrogens is 1. The van der Waals surface area contributed by atoms with E-state index in [-0.39, 0.29) is 5.91 Å². The van der Waals surface area contributed by atoms with E-state index in [4.69, 9.17) is 5.73 Å². The summed E-state index contributed by atoms with van der Waals surface area (Å²) in [5, 5.41) is 0. The summed E-state index contributed by atoms with van der Waals surface area (Å²) in [6.45, 7) is 0. The van der Waals surface area contributed by atoms with Crippen LogP contribution < -0.4 is 5.73 Å². The Morgan fingerprint density at radius 3 is 2.76 bits per heavy atom. The molecule has 0 aliphatic heterocycles. The van der Waals surface area contributed by atoms with E-state index in [1.165, 1.54) is 0 Å². The first-order valence-electron chi connectivity index (χ1n) is 6.30. The molecule has 1 aromatic heterocycles. The molecule has 0 aromatic carbocycles. The summed E-state index contributed by atoms with van der Waals surface area (Å²) in [5.74, 6) is 0.188. The van der Waals surface area contributed by atoms with Crippen LogP contribution in [0.5, 0.6) is 0 Å². The quantitative estimate of drug-likeness (QED) is 0.829. The van der Waals surface area contributed by atoms with E-state index in [2.05, 4.69) is 4.98 Å². The van der Waals surface area contributed by atoms with Gasteiger partial charge in [0.05, 0.1) is 6.42 Å². The van der Waals surface area contributed by atoms with Crippen molar-refractivity contribution in [2.75, 3.05) is 7.05 Å². The lowest BCUT2D eigenvalue weighted by Gasteiger charge is -2.33. The molecule has 4 nitrogen and oxygen atoms in total. The molecule has 17 heavy (non-hydrogen) atoms. The van der Waals surface area contributed by atoms with Gasteiger partial charge < -0.3 is 15.6 Å². The van der Waals surface area contributed by atoms with Gasteiger partial charge in [-0.2, -0.15) is 0 Å². The number of likely N-dealkylation sites (N-methyl/N-ethyl adjacent to an activating group) is 1. The van der Waals surface area contributed by atoms with Gasteiger partial charge in [0.1, 0.15) is 0 Å². The van der Waals surface area contributed by atoms with Crippen LogP contribution in [0.25, 0.3) is 0 Å².